The zero-order chi connectivity index (χ0) is 37.4. The number of carbonyl (C=O) groups is 5. The minimum atomic E-state index is -1.04. The van der Waals surface area contributed by atoms with Crippen LogP contribution in [0.1, 0.15) is 59.9 Å². The Bertz CT molecular complexity index is 1880. The van der Waals surface area contributed by atoms with Crippen molar-refractivity contribution < 1.29 is 24.0 Å². The lowest BCUT2D eigenvalue weighted by Gasteiger charge is -2.28. The number of pyridine rings is 1. The fraction of sp³-hybridized carbons (Fsp3) is 0.432. The Hall–Kier alpha value is -5.15. The lowest BCUT2D eigenvalue weighted by Crippen LogP contribution is -2.53. The second-order valence-corrected chi connectivity index (χ2v) is 14.6. The summed E-state index contributed by atoms with van der Waals surface area (Å²) in [5, 5.41) is 11.8. The van der Waals surface area contributed by atoms with Crippen molar-refractivity contribution in [3.63, 3.8) is 0 Å². The molecule has 3 atom stereocenters. The highest BCUT2D eigenvalue weighted by Crippen LogP contribution is 2.25. The third kappa shape index (κ3) is 10.0. The summed E-state index contributed by atoms with van der Waals surface area (Å²) in [7, 11) is 3.14. The first-order valence-electron chi connectivity index (χ1n) is 17.4. The van der Waals surface area contributed by atoms with E-state index in [-0.39, 0.29) is 42.9 Å². The third-order valence-electron chi connectivity index (χ3n) is 8.95. The van der Waals surface area contributed by atoms with Crippen LogP contribution in [0.5, 0.6) is 0 Å². The largest absolute Gasteiger partial charge is 0.361 e. The van der Waals surface area contributed by atoms with Crippen molar-refractivity contribution in [1.82, 2.24) is 45.6 Å². The van der Waals surface area contributed by atoms with E-state index in [4.69, 9.17) is 0 Å². The zero-order valence-corrected chi connectivity index (χ0v) is 31.0. The molecule has 1 aromatic carbocycles. The molecule has 52 heavy (non-hydrogen) atoms. The molecule has 5 amide bonds. The number of thiazole rings is 1. The van der Waals surface area contributed by atoms with E-state index in [1.165, 1.54) is 28.2 Å². The van der Waals surface area contributed by atoms with E-state index in [0.29, 0.717) is 31.1 Å². The number of amides is 5. The van der Waals surface area contributed by atoms with Gasteiger partial charge in [-0.2, -0.15) is 0 Å². The lowest BCUT2D eigenvalue weighted by molar-refractivity contribution is -0.138. The fourth-order valence-electron chi connectivity index (χ4n) is 6.24. The number of rotatable bonds is 6. The fourth-order valence-corrected chi connectivity index (χ4v) is 7.10. The van der Waals surface area contributed by atoms with Crippen molar-refractivity contribution in [3.8, 4) is 0 Å². The maximum Gasteiger partial charge on any atom is 0.271 e. The number of H-pyrrole nitrogens is 1. The SMILES string of the molecule is CC(C)C[C@@H]1NC(=O)CN(Cc2ccncc2)CCN(C)C(=O)[C@H](C)NC(=O)CN(C)C(=O)[C@@H](Cc2c[nH]c3ccccc23)NC(=O)c2csc1n2. The molecule has 0 spiro atoms. The van der Waals surface area contributed by atoms with Crippen LogP contribution < -0.4 is 16.0 Å². The predicted octanol–water partition coefficient (Wildman–Crippen LogP) is 2.50. The predicted molar refractivity (Wildman–Crippen MR) is 198 cm³/mol. The van der Waals surface area contributed by atoms with Gasteiger partial charge in [0.15, 0.2) is 0 Å². The maximum atomic E-state index is 13.9. The van der Waals surface area contributed by atoms with Crippen LogP contribution in [0.25, 0.3) is 10.9 Å². The molecule has 2 bridgehead atoms. The van der Waals surface area contributed by atoms with Crippen molar-refractivity contribution in [2.45, 2.75) is 58.3 Å². The lowest BCUT2D eigenvalue weighted by atomic mass is 10.0. The van der Waals surface area contributed by atoms with Gasteiger partial charge >= 0.3 is 0 Å². The highest BCUT2D eigenvalue weighted by atomic mass is 32.1. The van der Waals surface area contributed by atoms with Gasteiger partial charge in [-0.3, -0.25) is 33.9 Å². The second kappa shape index (κ2) is 17.4. The summed E-state index contributed by atoms with van der Waals surface area (Å²) in [5.74, 6) is -1.89. The molecule has 0 saturated heterocycles. The first-order valence-corrected chi connectivity index (χ1v) is 18.3. The van der Waals surface area contributed by atoms with E-state index >= 15 is 0 Å². The molecule has 0 saturated carbocycles. The number of para-hydroxylation sites is 1. The van der Waals surface area contributed by atoms with Gasteiger partial charge in [0.25, 0.3) is 5.91 Å². The van der Waals surface area contributed by atoms with E-state index in [2.05, 4.69) is 30.9 Å². The van der Waals surface area contributed by atoms with Crippen LogP contribution in [0.2, 0.25) is 0 Å². The number of benzene rings is 1. The summed E-state index contributed by atoms with van der Waals surface area (Å²) in [5.41, 5.74) is 2.79. The summed E-state index contributed by atoms with van der Waals surface area (Å²) in [6.45, 7) is 6.53. The summed E-state index contributed by atoms with van der Waals surface area (Å²) in [6.07, 6.45) is 5.93. The number of hydrogen-bond donors (Lipinski definition) is 4. The highest BCUT2D eigenvalue weighted by Gasteiger charge is 2.30. The molecule has 276 valence electrons. The zero-order valence-electron chi connectivity index (χ0n) is 30.2. The van der Waals surface area contributed by atoms with Crippen molar-refractivity contribution in [2.75, 3.05) is 40.3 Å². The average molecular weight is 730 g/mol. The number of likely N-dealkylation sites (N-methyl/N-ethyl adjacent to an activating group) is 2. The molecule has 4 aromatic rings. The molecule has 1 aliphatic rings. The molecule has 14 nitrogen and oxygen atoms in total. The third-order valence-corrected chi connectivity index (χ3v) is 9.91. The smallest absolute Gasteiger partial charge is 0.271 e. The molecular formula is C37H47N9O5S. The quantitative estimate of drug-likeness (QED) is 0.235. The van der Waals surface area contributed by atoms with Gasteiger partial charge < -0.3 is 30.7 Å². The molecule has 3 aromatic heterocycles. The summed E-state index contributed by atoms with van der Waals surface area (Å²) in [6, 6.07) is 9.05. The monoisotopic (exact) mass is 729 g/mol. The molecule has 0 unspecified atom stereocenters. The second-order valence-electron chi connectivity index (χ2n) is 13.7. The summed E-state index contributed by atoms with van der Waals surface area (Å²) in [4.78, 5) is 84.4. The molecule has 1 aliphatic heterocycles. The molecule has 0 fully saturated rings. The minimum absolute atomic E-state index is 0.0495. The number of hydrogen-bond acceptors (Lipinski definition) is 9. The van der Waals surface area contributed by atoms with Crippen LogP contribution in [-0.2, 0) is 32.1 Å². The van der Waals surface area contributed by atoms with Gasteiger partial charge in [-0.15, -0.1) is 11.3 Å². The first kappa shape index (κ1) is 38.1. The van der Waals surface area contributed by atoms with Crippen molar-refractivity contribution in [2.24, 2.45) is 5.92 Å². The Balaban J connectivity index is 1.45. The van der Waals surface area contributed by atoms with Gasteiger partial charge in [-0.05, 0) is 48.6 Å². The first-order chi connectivity index (χ1) is 24.9. The molecule has 5 rings (SSSR count). The molecule has 0 radical (unpaired) electrons. The number of nitrogens with zero attached hydrogens (tertiary/aromatic N) is 5. The van der Waals surface area contributed by atoms with E-state index in [1.54, 1.807) is 37.9 Å². The van der Waals surface area contributed by atoms with E-state index in [9.17, 15) is 24.0 Å². The molecule has 0 aliphatic carbocycles. The minimum Gasteiger partial charge on any atom is -0.361 e. The normalized spacial score (nSPS) is 20.8. The molecule has 4 N–H and O–H groups in total. The van der Waals surface area contributed by atoms with E-state index in [1.807, 2.05) is 55.1 Å². The van der Waals surface area contributed by atoms with Crippen LogP contribution in [-0.4, -0.2) is 112 Å². The maximum absolute atomic E-state index is 13.9. The van der Waals surface area contributed by atoms with Gasteiger partial charge in [0.05, 0.1) is 19.1 Å². The van der Waals surface area contributed by atoms with Crippen LogP contribution in [0.4, 0.5) is 0 Å². The van der Waals surface area contributed by atoms with Crippen LogP contribution in [0.15, 0.2) is 60.4 Å². The highest BCUT2D eigenvalue weighted by molar-refractivity contribution is 7.09. The van der Waals surface area contributed by atoms with Crippen molar-refractivity contribution >= 4 is 51.8 Å². The number of aromatic amines is 1. The van der Waals surface area contributed by atoms with Gasteiger partial charge in [-0.25, -0.2) is 4.98 Å². The number of carbonyl (C=O) groups excluding carboxylic acids is 5. The van der Waals surface area contributed by atoms with Crippen molar-refractivity contribution in [1.29, 1.82) is 0 Å². The van der Waals surface area contributed by atoms with Gasteiger partial charge in [-0.1, -0.05) is 32.0 Å². The van der Waals surface area contributed by atoms with Crippen LogP contribution in [0, 0.1) is 5.92 Å². The van der Waals surface area contributed by atoms with Gasteiger partial charge in [0.2, 0.25) is 23.6 Å². The van der Waals surface area contributed by atoms with E-state index in [0.717, 1.165) is 22.0 Å². The number of aromatic nitrogens is 3. The van der Waals surface area contributed by atoms with Gasteiger partial charge in [0.1, 0.15) is 22.8 Å². The summed E-state index contributed by atoms with van der Waals surface area (Å²) < 4.78 is 0. The van der Waals surface area contributed by atoms with Crippen LogP contribution >= 0.6 is 11.3 Å². The van der Waals surface area contributed by atoms with Crippen LogP contribution in [0.3, 0.4) is 0 Å². The Morgan fingerprint density at radius 3 is 2.35 bits per heavy atom. The Morgan fingerprint density at radius 1 is 0.865 bits per heavy atom. The Labute approximate surface area is 307 Å². The average Bonchev–Trinajstić information content (AvgIpc) is 3.77. The van der Waals surface area contributed by atoms with Crippen molar-refractivity contribution in [3.05, 3.63) is 82.2 Å². The summed E-state index contributed by atoms with van der Waals surface area (Å²) >= 11 is 1.27. The van der Waals surface area contributed by atoms with E-state index < -0.39 is 35.8 Å². The molecule has 4 heterocycles. The topological polar surface area (TPSA) is 173 Å². The number of nitrogens with one attached hydrogen (secondary N) is 4. The Kier molecular flexibility index (Phi) is 12.7. The Morgan fingerprint density at radius 2 is 1.60 bits per heavy atom. The van der Waals surface area contributed by atoms with Gasteiger partial charge in [0, 0.05) is 75.0 Å². The standard InChI is InChI=1S/C37H47N9O5S/c1-23(2)16-29-35-43-31(22-52-35)34(49)42-30(17-26-18-39-28-9-7-6-8-27(26)28)37(51)45(5)20-32(47)40-24(3)36(50)44(4)14-15-46(21-33(48)41-29)19-25-10-12-38-13-11-25/h6-13,18,22-24,29-30,39H,14-17,19-21H2,1-5H3,(H,40,47)(H,41,48)(H,42,49)/t24-,29-,30+/m0/s1. The molecular weight excluding hydrogens is 683 g/mol. The number of fused-ring (bicyclic) bond motifs is 3. The molecule has 15 heteroatoms.